The number of benzene rings is 1. The molecule has 2 N–H and O–H groups in total. The van der Waals surface area contributed by atoms with Crippen molar-refractivity contribution in [1.82, 2.24) is 19.7 Å². The maximum absolute atomic E-state index is 12.8. The van der Waals surface area contributed by atoms with Gasteiger partial charge < -0.3 is 14.3 Å². The summed E-state index contributed by atoms with van der Waals surface area (Å²) >= 11 is 0. The van der Waals surface area contributed by atoms with Crippen LogP contribution < -0.4 is 10.9 Å². The molecule has 9 nitrogen and oxygen atoms in total. The molecule has 0 spiro atoms. The topological polar surface area (TPSA) is 130 Å². The molecular formula is C19H14N6O3. The minimum absolute atomic E-state index is 0.0869. The van der Waals surface area contributed by atoms with Crippen LogP contribution in [0.25, 0.3) is 22.4 Å². The Morgan fingerprint density at radius 3 is 2.89 bits per heavy atom. The van der Waals surface area contributed by atoms with Gasteiger partial charge in [-0.3, -0.25) is 14.7 Å². The molecule has 0 saturated carbocycles. The summed E-state index contributed by atoms with van der Waals surface area (Å²) in [5.41, 5.74) is 2.08. The maximum atomic E-state index is 12.8. The number of pyridine rings is 1. The zero-order chi connectivity index (χ0) is 19.8. The molecule has 3 heterocycles. The lowest BCUT2D eigenvalue weighted by molar-refractivity contribution is 0.102. The molecule has 0 unspecified atom stereocenters. The normalized spacial score (nSPS) is 10.8. The lowest BCUT2D eigenvalue weighted by Crippen LogP contribution is -2.26. The predicted molar refractivity (Wildman–Crippen MR) is 101 cm³/mol. The molecule has 4 rings (SSSR count). The van der Waals surface area contributed by atoms with E-state index in [1.807, 2.05) is 6.07 Å². The highest BCUT2D eigenvalue weighted by molar-refractivity contribution is 6.06. The molecule has 28 heavy (non-hydrogen) atoms. The van der Waals surface area contributed by atoms with Crippen molar-refractivity contribution in [2.45, 2.75) is 6.92 Å². The summed E-state index contributed by atoms with van der Waals surface area (Å²) in [5, 5.41) is 19.8. The molecule has 0 radical (unpaired) electrons. The van der Waals surface area contributed by atoms with Gasteiger partial charge in [0.2, 0.25) is 0 Å². The predicted octanol–water partition coefficient (Wildman–Crippen LogP) is 2.35. The Bertz CT molecular complexity index is 1310. The van der Waals surface area contributed by atoms with Crippen molar-refractivity contribution in [3.05, 3.63) is 64.0 Å². The van der Waals surface area contributed by atoms with E-state index < -0.39 is 11.5 Å². The summed E-state index contributed by atoms with van der Waals surface area (Å²) in [4.78, 5) is 28.7. The van der Waals surface area contributed by atoms with Crippen molar-refractivity contribution in [3.63, 3.8) is 0 Å². The van der Waals surface area contributed by atoms with Crippen LogP contribution in [-0.4, -0.2) is 25.7 Å². The summed E-state index contributed by atoms with van der Waals surface area (Å²) < 4.78 is 6.58. The van der Waals surface area contributed by atoms with Crippen LogP contribution >= 0.6 is 0 Å². The third kappa shape index (κ3) is 2.73. The number of nitrogens with one attached hydrogen (secondary N) is 2. The van der Waals surface area contributed by atoms with E-state index in [1.165, 1.54) is 24.1 Å². The van der Waals surface area contributed by atoms with Crippen LogP contribution in [0.3, 0.4) is 0 Å². The van der Waals surface area contributed by atoms with Crippen LogP contribution in [0.1, 0.15) is 21.6 Å². The third-order valence-corrected chi connectivity index (χ3v) is 4.57. The number of oxazole rings is 1. The smallest absolute Gasteiger partial charge is 0.268 e. The molecule has 0 bridgehead atoms. The summed E-state index contributed by atoms with van der Waals surface area (Å²) in [6.07, 6.45) is 2.87. The minimum Gasteiger partial charge on any atom is -0.442 e. The average Bonchev–Trinajstić information content (AvgIpc) is 3.35. The van der Waals surface area contributed by atoms with E-state index in [9.17, 15) is 9.59 Å². The quantitative estimate of drug-likeness (QED) is 0.566. The van der Waals surface area contributed by atoms with Crippen molar-refractivity contribution < 1.29 is 9.21 Å². The Hall–Kier alpha value is -4.19. The first-order valence-electron chi connectivity index (χ1n) is 8.28. The van der Waals surface area contributed by atoms with Crippen molar-refractivity contribution in [3.8, 4) is 17.5 Å². The molecule has 1 amide bonds. The Kier molecular flexibility index (Phi) is 4.01. The number of aromatic amines is 1. The highest BCUT2D eigenvalue weighted by Gasteiger charge is 2.17. The second-order valence-corrected chi connectivity index (χ2v) is 6.19. The van der Waals surface area contributed by atoms with Gasteiger partial charge in [0.1, 0.15) is 17.3 Å². The second kappa shape index (κ2) is 6.51. The van der Waals surface area contributed by atoms with Gasteiger partial charge in [-0.25, -0.2) is 4.98 Å². The fourth-order valence-electron chi connectivity index (χ4n) is 2.94. The van der Waals surface area contributed by atoms with Crippen molar-refractivity contribution in [2.75, 3.05) is 5.32 Å². The Morgan fingerprint density at radius 1 is 1.36 bits per heavy atom. The first-order valence-corrected chi connectivity index (χ1v) is 8.28. The van der Waals surface area contributed by atoms with Gasteiger partial charge in [-0.1, -0.05) is 0 Å². The van der Waals surface area contributed by atoms with E-state index in [0.29, 0.717) is 22.8 Å². The lowest BCUT2D eigenvalue weighted by atomic mass is 10.1. The monoisotopic (exact) mass is 374 g/mol. The van der Waals surface area contributed by atoms with E-state index in [-0.39, 0.29) is 11.1 Å². The van der Waals surface area contributed by atoms with Gasteiger partial charge in [-0.2, -0.15) is 10.4 Å². The van der Waals surface area contributed by atoms with Gasteiger partial charge in [0.25, 0.3) is 11.5 Å². The number of hydrogen-bond acceptors (Lipinski definition) is 6. The molecule has 0 aliphatic carbocycles. The van der Waals surface area contributed by atoms with E-state index >= 15 is 0 Å². The Balaban J connectivity index is 1.72. The van der Waals surface area contributed by atoms with Crippen LogP contribution in [0.2, 0.25) is 0 Å². The van der Waals surface area contributed by atoms with Gasteiger partial charge in [0.15, 0.2) is 12.2 Å². The molecular weight excluding hydrogens is 360 g/mol. The fraction of sp³-hybridized carbons (Fsp3) is 0.105. The van der Waals surface area contributed by atoms with Crippen LogP contribution in [0.5, 0.6) is 0 Å². The van der Waals surface area contributed by atoms with Gasteiger partial charge in [0, 0.05) is 23.8 Å². The molecule has 1 aromatic carbocycles. The molecule has 138 valence electrons. The fourth-order valence-corrected chi connectivity index (χ4v) is 2.94. The zero-order valence-electron chi connectivity index (χ0n) is 15.0. The minimum atomic E-state index is -0.437. The largest absolute Gasteiger partial charge is 0.442 e. The SMILES string of the molecule is Cc1c(C(=O)Nc2ccc3[nH]nc(-c4cnco4)c3c2)cc(C#N)c(=O)n1C. The van der Waals surface area contributed by atoms with Crippen LogP contribution in [-0.2, 0) is 7.05 Å². The molecule has 0 saturated heterocycles. The maximum Gasteiger partial charge on any atom is 0.268 e. The van der Waals surface area contributed by atoms with Crippen LogP contribution in [0.15, 0.2) is 46.1 Å². The molecule has 4 aromatic rings. The highest BCUT2D eigenvalue weighted by Crippen LogP contribution is 2.28. The summed E-state index contributed by atoms with van der Waals surface area (Å²) in [6.45, 7) is 1.65. The number of nitriles is 1. The third-order valence-electron chi connectivity index (χ3n) is 4.57. The van der Waals surface area contributed by atoms with Crippen molar-refractivity contribution in [1.29, 1.82) is 5.26 Å². The highest BCUT2D eigenvalue weighted by atomic mass is 16.3. The number of hydrogen-bond donors (Lipinski definition) is 2. The number of amides is 1. The molecule has 0 fully saturated rings. The van der Waals surface area contributed by atoms with Gasteiger partial charge in [0.05, 0.1) is 17.3 Å². The first kappa shape index (κ1) is 17.2. The van der Waals surface area contributed by atoms with E-state index in [4.69, 9.17) is 9.68 Å². The molecule has 3 aromatic heterocycles. The number of fused-ring (bicyclic) bond motifs is 1. The van der Waals surface area contributed by atoms with Gasteiger partial charge in [-0.05, 0) is 31.2 Å². The summed E-state index contributed by atoms with van der Waals surface area (Å²) in [6, 6.07) is 8.41. The lowest BCUT2D eigenvalue weighted by Gasteiger charge is -2.11. The number of rotatable bonds is 3. The number of carbonyl (C=O) groups excluding carboxylic acids is 1. The zero-order valence-corrected chi connectivity index (χ0v) is 15.0. The Labute approximate surface area is 158 Å². The molecule has 0 aliphatic rings. The van der Waals surface area contributed by atoms with E-state index in [0.717, 1.165) is 10.9 Å². The number of nitrogens with zero attached hydrogens (tertiary/aromatic N) is 4. The average molecular weight is 374 g/mol. The summed E-state index contributed by atoms with van der Waals surface area (Å²) in [5.74, 6) is 0.0796. The standard InChI is InChI=1S/C19H14N6O3/c1-10-13(5-11(7-20)19(27)25(10)2)18(26)22-12-3-4-15-14(6-12)17(24-23-15)16-8-21-9-28-16/h3-6,8-9H,1-2H3,(H,22,26)(H,23,24). The van der Waals surface area contributed by atoms with Crippen LogP contribution in [0.4, 0.5) is 5.69 Å². The van der Waals surface area contributed by atoms with Crippen LogP contribution in [0, 0.1) is 18.3 Å². The van der Waals surface area contributed by atoms with Crippen molar-refractivity contribution in [2.24, 2.45) is 7.05 Å². The molecule has 0 aliphatic heterocycles. The van der Waals surface area contributed by atoms with E-state index in [1.54, 1.807) is 31.3 Å². The second-order valence-electron chi connectivity index (χ2n) is 6.19. The number of aromatic nitrogens is 4. The Morgan fingerprint density at radius 2 is 2.18 bits per heavy atom. The van der Waals surface area contributed by atoms with Gasteiger partial charge >= 0.3 is 0 Å². The number of anilines is 1. The summed E-state index contributed by atoms with van der Waals surface area (Å²) in [7, 11) is 1.52. The number of H-pyrrole nitrogens is 1. The molecule has 0 atom stereocenters. The van der Waals surface area contributed by atoms with Gasteiger partial charge in [-0.15, -0.1) is 0 Å². The van der Waals surface area contributed by atoms with Crippen molar-refractivity contribution >= 4 is 22.5 Å². The number of carbonyl (C=O) groups is 1. The molecule has 9 heteroatoms. The van der Waals surface area contributed by atoms with E-state index in [2.05, 4.69) is 20.5 Å². The first-order chi connectivity index (χ1) is 13.5.